The van der Waals surface area contributed by atoms with E-state index in [4.69, 9.17) is 9.94 Å². The molecule has 0 radical (unpaired) electrons. The van der Waals surface area contributed by atoms with E-state index in [1.54, 1.807) is 6.07 Å². The summed E-state index contributed by atoms with van der Waals surface area (Å²) in [5.41, 5.74) is -0.125. The Morgan fingerprint density at radius 2 is 1.71 bits per heavy atom. The number of hydrogen-bond acceptors (Lipinski definition) is 4. The highest BCUT2D eigenvalue weighted by molar-refractivity contribution is 6.12. The molecule has 1 aliphatic heterocycles. The van der Waals surface area contributed by atoms with Crippen LogP contribution in [-0.2, 0) is 9.59 Å². The largest absolute Gasteiger partial charge is 0.478 e. The molecule has 6 heteroatoms. The minimum Gasteiger partial charge on any atom is -0.478 e. The smallest absolute Gasteiger partial charge is 0.339 e. The van der Waals surface area contributed by atoms with Crippen LogP contribution in [0.3, 0.4) is 0 Å². The van der Waals surface area contributed by atoms with E-state index < -0.39 is 17.8 Å². The molecule has 0 saturated carbocycles. The van der Waals surface area contributed by atoms with E-state index in [1.165, 1.54) is 18.2 Å². The van der Waals surface area contributed by atoms with Gasteiger partial charge in [-0.05, 0) is 12.1 Å². The fourth-order valence-corrected chi connectivity index (χ4v) is 1.30. The molecule has 0 spiro atoms. The van der Waals surface area contributed by atoms with Crippen molar-refractivity contribution in [1.29, 1.82) is 0 Å². The summed E-state index contributed by atoms with van der Waals surface area (Å²) < 4.78 is 0. The Morgan fingerprint density at radius 3 is 2.29 bits per heavy atom. The zero-order chi connectivity index (χ0) is 12.4. The molecule has 1 aromatic rings. The van der Waals surface area contributed by atoms with Crippen molar-refractivity contribution in [3.63, 3.8) is 0 Å². The molecule has 0 aromatic heterocycles. The normalized spacial score (nSPS) is 14.2. The first-order valence-electron chi connectivity index (χ1n) is 4.66. The molecule has 0 unspecified atom stereocenters. The van der Waals surface area contributed by atoms with E-state index in [0.717, 1.165) is 12.2 Å². The number of amides is 2. The van der Waals surface area contributed by atoms with Gasteiger partial charge in [-0.15, -0.1) is 0 Å². The Morgan fingerprint density at radius 1 is 1.12 bits per heavy atom. The van der Waals surface area contributed by atoms with Gasteiger partial charge >= 0.3 is 5.97 Å². The first-order valence-corrected chi connectivity index (χ1v) is 4.66. The third kappa shape index (κ3) is 2.00. The Hall–Kier alpha value is -2.63. The molecule has 0 fully saturated rings. The van der Waals surface area contributed by atoms with E-state index in [1.807, 2.05) is 0 Å². The van der Waals surface area contributed by atoms with E-state index >= 15 is 0 Å². The summed E-state index contributed by atoms with van der Waals surface area (Å²) in [6, 6.07) is 5.74. The zero-order valence-electron chi connectivity index (χ0n) is 8.49. The molecule has 0 aliphatic carbocycles. The third-order valence-electron chi connectivity index (χ3n) is 2.08. The average molecular weight is 233 g/mol. The van der Waals surface area contributed by atoms with Gasteiger partial charge in [0.1, 0.15) is 5.56 Å². The number of hydrogen-bond donors (Lipinski definition) is 1. The lowest BCUT2D eigenvalue weighted by Gasteiger charge is -2.15. The van der Waals surface area contributed by atoms with Crippen LogP contribution < -0.4 is 4.84 Å². The van der Waals surface area contributed by atoms with Crippen LogP contribution in [0.4, 0.5) is 0 Å². The fourth-order valence-electron chi connectivity index (χ4n) is 1.30. The maximum Gasteiger partial charge on any atom is 0.339 e. The van der Waals surface area contributed by atoms with Crippen LogP contribution in [0.25, 0.3) is 0 Å². The molecular formula is C11H7NO5. The number of hydroxylamine groups is 2. The third-order valence-corrected chi connectivity index (χ3v) is 2.08. The standard InChI is InChI=1S/C11H7NO5/c13-9-5-6-10(14)12(9)17-8-4-2-1-3-7(8)11(15)16/h1-6H,(H,15,16). The summed E-state index contributed by atoms with van der Waals surface area (Å²) in [7, 11) is 0. The molecule has 17 heavy (non-hydrogen) atoms. The molecule has 1 aromatic carbocycles. The SMILES string of the molecule is O=C(O)c1ccccc1ON1C(=O)C=CC1=O. The number of carbonyl (C=O) groups is 3. The number of benzene rings is 1. The van der Waals surface area contributed by atoms with E-state index in [-0.39, 0.29) is 11.3 Å². The predicted octanol–water partition coefficient (Wildman–Crippen LogP) is 0.604. The van der Waals surface area contributed by atoms with Crippen LogP contribution in [0.2, 0.25) is 0 Å². The highest BCUT2D eigenvalue weighted by Gasteiger charge is 2.27. The van der Waals surface area contributed by atoms with Gasteiger partial charge in [0, 0.05) is 12.2 Å². The molecular weight excluding hydrogens is 226 g/mol. The predicted molar refractivity (Wildman–Crippen MR) is 55.0 cm³/mol. The van der Waals surface area contributed by atoms with Crippen molar-refractivity contribution < 1.29 is 24.3 Å². The number of imide groups is 1. The van der Waals surface area contributed by atoms with Gasteiger partial charge in [-0.1, -0.05) is 17.2 Å². The molecule has 2 amide bonds. The van der Waals surface area contributed by atoms with E-state index in [0.29, 0.717) is 5.06 Å². The molecule has 0 atom stereocenters. The van der Waals surface area contributed by atoms with Gasteiger partial charge in [-0.25, -0.2) is 4.79 Å². The number of rotatable bonds is 3. The minimum absolute atomic E-state index is 0.0644. The van der Waals surface area contributed by atoms with Crippen LogP contribution in [0, 0.1) is 0 Å². The first kappa shape index (κ1) is 10.9. The first-order chi connectivity index (χ1) is 8.09. The van der Waals surface area contributed by atoms with E-state index in [9.17, 15) is 14.4 Å². The van der Waals surface area contributed by atoms with Gasteiger partial charge in [0.25, 0.3) is 11.8 Å². The topological polar surface area (TPSA) is 83.9 Å². The van der Waals surface area contributed by atoms with Gasteiger partial charge < -0.3 is 9.94 Å². The average Bonchev–Trinajstić information content (AvgIpc) is 2.61. The summed E-state index contributed by atoms with van der Waals surface area (Å²) in [6.07, 6.45) is 2.09. The minimum atomic E-state index is -1.20. The molecule has 1 aliphatic rings. The lowest BCUT2D eigenvalue weighted by molar-refractivity contribution is -0.162. The van der Waals surface area contributed by atoms with Crippen LogP contribution in [0.15, 0.2) is 36.4 Å². The second-order valence-electron chi connectivity index (χ2n) is 3.20. The molecule has 0 bridgehead atoms. The fraction of sp³-hybridized carbons (Fsp3) is 0. The monoisotopic (exact) mass is 233 g/mol. The van der Waals surface area contributed by atoms with Gasteiger partial charge in [0.15, 0.2) is 5.75 Å². The quantitative estimate of drug-likeness (QED) is 0.773. The maximum absolute atomic E-state index is 11.2. The van der Waals surface area contributed by atoms with Crippen LogP contribution in [0.5, 0.6) is 5.75 Å². The van der Waals surface area contributed by atoms with Crippen LogP contribution >= 0.6 is 0 Å². The number of carboxylic acids is 1. The van der Waals surface area contributed by atoms with Crippen molar-refractivity contribution in [2.75, 3.05) is 0 Å². The summed E-state index contributed by atoms with van der Waals surface area (Å²) in [5.74, 6) is -2.55. The van der Waals surface area contributed by atoms with Crippen molar-refractivity contribution in [1.82, 2.24) is 5.06 Å². The Bertz CT molecular complexity index is 516. The van der Waals surface area contributed by atoms with Crippen molar-refractivity contribution in [3.8, 4) is 5.75 Å². The van der Waals surface area contributed by atoms with Gasteiger partial charge in [-0.2, -0.15) is 0 Å². The molecule has 1 heterocycles. The lowest BCUT2D eigenvalue weighted by Crippen LogP contribution is -2.33. The number of carboxylic acid groups (broad SMARTS) is 1. The molecule has 6 nitrogen and oxygen atoms in total. The molecule has 2 rings (SSSR count). The van der Waals surface area contributed by atoms with E-state index in [2.05, 4.69) is 0 Å². The van der Waals surface area contributed by atoms with Crippen molar-refractivity contribution in [2.45, 2.75) is 0 Å². The second-order valence-corrected chi connectivity index (χ2v) is 3.20. The molecule has 0 saturated heterocycles. The Labute approximate surface area is 95.7 Å². The zero-order valence-corrected chi connectivity index (χ0v) is 8.49. The molecule has 1 N–H and O–H groups in total. The highest BCUT2D eigenvalue weighted by Crippen LogP contribution is 2.20. The highest BCUT2D eigenvalue weighted by atomic mass is 16.7. The van der Waals surface area contributed by atoms with Gasteiger partial charge in [0.2, 0.25) is 0 Å². The Balaban J connectivity index is 2.28. The number of para-hydroxylation sites is 1. The van der Waals surface area contributed by atoms with Gasteiger partial charge in [0.05, 0.1) is 0 Å². The Kier molecular flexibility index (Phi) is 2.61. The number of aromatic carboxylic acids is 1. The summed E-state index contributed by atoms with van der Waals surface area (Å²) in [5, 5.41) is 9.39. The summed E-state index contributed by atoms with van der Waals surface area (Å²) in [4.78, 5) is 38.3. The maximum atomic E-state index is 11.2. The second kappa shape index (κ2) is 4.09. The van der Waals surface area contributed by atoms with Crippen LogP contribution in [0.1, 0.15) is 10.4 Å². The number of nitrogens with zero attached hydrogens (tertiary/aromatic N) is 1. The lowest BCUT2D eigenvalue weighted by atomic mass is 10.2. The van der Waals surface area contributed by atoms with Crippen LogP contribution in [-0.4, -0.2) is 28.0 Å². The number of carbonyl (C=O) groups excluding carboxylic acids is 2. The molecule has 86 valence electrons. The van der Waals surface area contributed by atoms with Crippen molar-refractivity contribution >= 4 is 17.8 Å². The summed E-state index contributed by atoms with van der Waals surface area (Å²) in [6.45, 7) is 0. The van der Waals surface area contributed by atoms with Crippen molar-refractivity contribution in [2.24, 2.45) is 0 Å². The van der Waals surface area contributed by atoms with Crippen molar-refractivity contribution in [3.05, 3.63) is 42.0 Å². The van der Waals surface area contributed by atoms with Gasteiger partial charge in [-0.3, -0.25) is 9.59 Å². The summed E-state index contributed by atoms with van der Waals surface area (Å²) >= 11 is 0.